The molecule has 0 bridgehead atoms. The van der Waals surface area contributed by atoms with E-state index in [4.69, 9.17) is 4.74 Å². The summed E-state index contributed by atoms with van der Waals surface area (Å²) < 4.78 is 5.52. The number of hydrogen-bond acceptors (Lipinski definition) is 3. The highest BCUT2D eigenvalue weighted by molar-refractivity contribution is 7.99. The predicted molar refractivity (Wildman–Crippen MR) is 89.8 cm³/mol. The van der Waals surface area contributed by atoms with E-state index in [0.29, 0.717) is 12.3 Å². The molecule has 114 valence electrons. The Morgan fingerprint density at radius 3 is 2.55 bits per heavy atom. The summed E-state index contributed by atoms with van der Waals surface area (Å²) in [6.45, 7) is 2.08. The molecule has 1 heterocycles. The number of ether oxygens (including phenoxy) is 1. The fourth-order valence-electron chi connectivity index (χ4n) is 2.69. The Hall–Kier alpha value is -1.74. The number of aryl methyl sites for hydroxylation is 2. The summed E-state index contributed by atoms with van der Waals surface area (Å²) in [4.78, 5) is 12.8. The Morgan fingerprint density at radius 1 is 1.09 bits per heavy atom. The molecule has 2 atom stereocenters. The van der Waals surface area contributed by atoms with Crippen LogP contribution >= 0.6 is 11.8 Å². The van der Waals surface area contributed by atoms with E-state index in [1.165, 1.54) is 11.1 Å². The molecule has 3 heteroatoms. The zero-order valence-corrected chi connectivity index (χ0v) is 13.5. The topological polar surface area (TPSA) is 26.3 Å². The van der Waals surface area contributed by atoms with Crippen molar-refractivity contribution < 1.29 is 9.53 Å². The zero-order chi connectivity index (χ0) is 15.4. The Bertz CT molecular complexity index is 622. The molecule has 2 aromatic carbocycles. The maximum atomic E-state index is 11.7. The van der Waals surface area contributed by atoms with Crippen molar-refractivity contribution in [3.63, 3.8) is 0 Å². The lowest BCUT2D eigenvalue weighted by Gasteiger charge is -2.17. The van der Waals surface area contributed by atoms with Crippen LogP contribution in [-0.2, 0) is 16.0 Å². The smallest absolute Gasteiger partial charge is 0.307 e. The Morgan fingerprint density at radius 2 is 1.82 bits per heavy atom. The number of esters is 1. The van der Waals surface area contributed by atoms with Gasteiger partial charge in [-0.05, 0) is 37.5 Å². The molecule has 0 saturated carbocycles. The minimum Gasteiger partial charge on any atom is -0.451 e. The fourth-order valence-corrected chi connectivity index (χ4v) is 3.83. The molecule has 1 saturated heterocycles. The van der Waals surface area contributed by atoms with Gasteiger partial charge >= 0.3 is 5.97 Å². The van der Waals surface area contributed by atoms with Gasteiger partial charge in [0.25, 0.3) is 0 Å². The summed E-state index contributed by atoms with van der Waals surface area (Å²) in [5, 5.41) is 0. The number of rotatable bonds is 5. The molecule has 0 spiro atoms. The Labute approximate surface area is 135 Å². The van der Waals surface area contributed by atoms with Crippen molar-refractivity contribution in [2.24, 2.45) is 5.92 Å². The maximum Gasteiger partial charge on any atom is 0.307 e. The molecule has 2 unspecified atom stereocenters. The minimum atomic E-state index is -0.0670. The lowest BCUT2D eigenvalue weighted by atomic mass is 9.99. The first-order valence-corrected chi connectivity index (χ1v) is 8.55. The lowest BCUT2D eigenvalue weighted by molar-refractivity contribution is -0.138. The van der Waals surface area contributed by atoms with E-state index in [1.807, 2.05) is 6.07 Å². The van der Waals surface area contributed by atoms with Crippen LogP contribution in [0.5, 0.6) is 0 Å². The second-order valence-electron chi connectivity index (χ2n) is 5.78. The van der Waals surface area contributed by atoms with E-state index in [1.54, 1.807) is 11.8 Å². The number of cyclic esters (lactones) is 1. The van der Waals surface area contributed by atoms with Crippen molar-refractivity contribution in [2.75, 3.05) is 0 Å². The highest BCUT2D eigenvalue weighted by Crippen LogP contribution is 2.37. The van der Waals surface area contributed by atoms with Crippen LogP contribution in [0.4, 0.5) is 0 Å². The molecule has 0 aromatic heterocycles. The summed E-state index contributed by atoms with van der Waals surface area (Å²) >= 11 is 1.66. The van der Waals surface area contributed by atoms with Crippen LogP contribution in [-0.4, -0.2) is 11.4 Å². The molecule has 0 amide bonds. The lowest BCUT2D eigenvalue weighted by Crippen LogP contribution is -2.12. The van der Waals surface area contributed by atoms with E-state index in [-0.39, 0.29) is 11.4 Å². The summed E-state index contributed by atoms with van der Waals surface area (Å²) in [6, 6.07) is 18.8. The van der Waals surface area contributed by atoms with Crippen molar-refractivity contribution in [2.45, 2.75) is 36.5 Å². The number of carbonyl (C=O) groups is 1. The first-order chi connectivity index (χ1) is 10.7. The summed E-state index contributed by atoms with van der Waals surface area (Å²) in [5.74, 6) is 0.224. The predicted octanol–water partition coefficient (Wildman–Crippen LogP) is 4.61. The van der Waals surface area contributed by atoms with Crippen LogP contribution in [0.1, 0.15) is 24.0 Å². The third-order valence-corrected chi connectivity index (χ3v) is 5.24. The van der Waals surface area contributed by atoms with Gasteiger partial charge < -0.3 is 4.74 Å². The molecular weight excluding hydrogens is 292 g/mol. The van der Waals surface area contributed by atoms with Crippen LogP contribution < -0.4 is 0 Å². The van der Waals surface area contributed by atoms with Crippen molar-refractivity contribution in [1.29, 1.82) is 0 Å². The SMILES string of the molecule is Cc1ccc(SC2OC(=O)CC2CCc2ccccc2)cc1. The first-order valence-electron chi connectivity index (χ1n) is 7.67. The molecular formula is C19H20O2S. The van der Waals surface area contributed by atoms with E-state index in [2.05, 4.69) is 55.5 Å². The van der Waals surface area contributed by atoms with Crippen molar-refractivity contribution in [1.82, 2.24) is 0 Å². The number of thioether (sulfide) groups is 1. The summed E-state index contributed by atoms with van der Waals surface area (Å²) in [5.41, 5.74) is 2.51. The standard InChI is InChI=1S/C19H20O2S/c1-14-7-11-17(12-8-14)22-19-16(13-18(20)21-19)10-9-15-5-3-2-4-6-15/h2-8,11-12,16,19H,9-10,13H2,1H3. The van der Waals surface area contributed by atoms with Gasteiger partial charge in [0.1, 0.15) is 0 Å². The Balaban J connectivity index is 1.62. The van der Waals surface area contributed by atoms with Crippen molar-refractivity contribution >= 4 is 17.7 Å². The minimum absolute atomic E-state index is 0.0566. The largest absolute Gasteiger partial charge is 0.451 e. The van der Waals surface area contributed by atoms with Gasteiger partial charge in [0.15, 0.2) is 5.44 Å². The van der Waals surface area contributed by atoms with E-state index >= 15 is 0 Å². The maximum absolute atomic E-state index is 11.7. The molecule has 0 radical (unpaired) electrons. The van der Waals surface area contributed by atoms with Gasteiger partial charge in [0.2, 0.25) is 0 Å². The van der Waals surface area contributed by atoms with Gasteiger partial charge in [0.05, 0.1) is 6.42 Å². The van der Waals surface area contributed by atoms with E-state index in [0.717, 1.165) is 17.7 Å². The van der Waals surface area contributed by atoms with Crippen LogP contribution in [0, 0.1) is 12.8 Å². The highest BCUT2D eigenvalue weighted by Gasteiger charge is 2.35. The monoisotopic (exact) mass is 312 g/mol. The third kappa shape index (κ3) is 3.92. The molecule has 1 fully saturated rings. The van der Waals surface area contributed by atoms with Crippen LogP contribution in [0.3, 0.4) is 0 Å². The van der Waals surface area contributed by atoms with E-state index in [9.17, 15) is 4.79 Å². The van der Waals surface area contributed by atoms with Gasteiger partial charge in [-0.15, -0.1) is 0 Å². The molecule has 1 aliphatic heterocycles. The van der Waals surface area contributed by atoms with Gasteiger partial charge in [0, 0.05) is 10.8 Å². The molecule has 22 heavy (non-hydrogen) atoms. The normalized spacial score (nSPS) is 20.9. The number of carbonyl (C=O) groups excluding carboxylic acids is 1. The summed E-state index contributed by atoms with van der Waals surface area (Å²) in [6.07, 6.45) is 2.52. The Kier molecular flexibility index (Phi) is 4.84. The number of benzene rings is 2. The van der Waals surface area contributed by atoms with Crippen LogP contribution in [0.25, 0.3) is 0 Å². The second kappa shape index (κ2) is 7.01. The van der Waals surface area contributed by atoms with Gasteiger partial charge in [-0.3, -0.25) is 4.79 Å². The quantitative estimate of drug-likeness (QED) is 0.754. The first kappa shape index (κ1) is 15.2. The average molecular weight is 312 g/mol. The third-order valence-electron chi connectivity index (χ3n) is 3.98. The van der Waals surface area contributed by atoms with Gasteiger partial charge in [-0.25, -0.2) is 0 Å². The molecule has 2 aromatic rings. The van der Waals surface area contributed by atoms with Gasteiger partial charge in [-0.2, -0.15) is 0 Å². The van der Waals surface area contributed by atoms with Gasteiger partial charge in [-0.1, -0.05) is 59.8 Å². The van der Waals surface area contributed by atoms with E-state index < -0.39 is 0 Å². The molecule has 2 nitrogen and oxygen atoms in total. The van der Waals surface area contributed by atoms with Crippen molar-refractivity contribution in [3.05, 3.63) is 65.7 Å². The fraction of sp³-hybridized carbons (Fsp3) is 0.316. The molecule has 1 aliphatic rings. The van der Waals surface area contributed by atoms with Crippen molar-refractivity contribution in [3.8, 4) is 0 Å². The highest BCUT2D eigenvalue weighted by atomic mass is 32.2. The molecule has 0 aliphatic carbocycles. The molecule has 3 rings (SSSR count). The average Bonchev–Trinajstić information content (AvgIpc) is 2.88. The second-order valence-corrected chi connectivity index (χ2v) is 6.95. The zero-order valence-electron chi connectivity index (χ0n) is 12.7. The van der Waals surface area contributed by atoms with Crippen LogP contribution in [0.15, 0.2) is 59.5 Å². The van der Waals surface area contributed by atoms with Crippen LogP contribution in [0.2, 0.25) is 0 Å². The number of hydrogen-bond donors (Lipinski definition) is 0. The molecule has 0 N–H and O–H groups in total. The summed E-state index contributed by atoms with van der Waals surface area (Å²) in [7, 11) is 0.